The van der Waals surface area contributed by atoms with Crippen LogP contribution in [0.1, 0.15) is 17.3 Å². The number of benzene rings is 1. The Morgan fingerprint density at radius 1 is 1.55 bits per heavy atom. The summed E-state index contributed by atoms with van der Waals surface area (Å²) in [5, 5.41) is 0.352. The monoisotopic (exact) mass is 320 g/mol. The lowest BCUT2D eigenvalue weighted by Gasteiger charge is -2.31. The molecule has 1 aliphatic rings. The molecule has 1 amide bonds. The van der Waals surface area contributed by atoms with Gasteiger partial charge in [-0.05, 0) is 13.0 Å². The molecule has 20 heavy (non-hydrogen) atoms. The second kappa shape index (κ2) is 7.02. The number of nitrogens with zero attached hydrogens (tertiary/aromatic N) is 1. The van der Waals surface area contributed by atoms with Crippen LogP contribution in [0.3, 0.4) is 0 Å². The molecule has 1 aromatic rings. The second-order valence-electron chi connectivity index (χ2n) is 4.51. The Morgan fingerprint density at radius 3 is 2.85 bits per heavy atom. The number of nitrogens with two attached hydrogens (primary N) is 1. The summed E-state index contributed by atoms with van der Waals surface area (Å²) >= 11 is 5.98. The van der Waals surface area contributed by atoms with Gasteiger partial charge in [0.1, 0.15) is 5.75 Å². The van der Waals surface area contributed by atoms with Crippen molar-refractivity contribution in [2.45, 2.75) is 13.0 Å². The Labute approximate surface area is 129 Å². The number of amides is 1. The fraction of sp³-hybridized carbons (Fsp3) is 0.462. The Kier molecular flexibility index (Phi) is 5.92. The Hall–Kier alpha value is -1.17. The van der Waals surface area contributed by atoms with E-state index in [1.165, 1.54) is 7.11 Å². The predicted molar refractivity (Wildman–Crippen MR) is 81.0 cm³/mol. The molecule has 0 aliphatic carbocycles. The van der Waals surface area contributed by atoms with Gasteiger partial charge in [-0.3, -0.25) is 4.79 Å². The van der Waals surface area contributed by atoms with Gasteiger partial charge in [-0.25, -0.2) is 0 Å². The zero-order chi connectivity index (χ0) is 14.0. The summed E-state index contributed by atoms with van der Waals surface area (Å²) in [4.78, 5) is 14.2. The van der Waals surface area contributed by atoms with Gasteiger partial charge in [0.25, 0.3) is 5.91 Å². The zero-order valence-corrected chi connectivity index (χ0v) is 13.0. The van der Waals surface area contributed by atoms with Gasteiger partial charge >= 0.3 is 0 Å². The van der Waals surface area contributed by atoms with E-state index >= 15 is 0 Å². The van der Waals surface area contributed by atoms with Crippen molar-refractivity contribution in [1.29, 1.82) is 0 Å². The Balaban J connectivity index is 0.00000200. The molecule has 1 fully saturated rings. The molecule has 0 bridgehead atoms. The molecular weight excluding hydrogens is 303 g/mol. The minimum Gasteiger partial charge on any atom is -0.496 e. The van der Waals surface area contributed by atoms with Gasteiger partial charge in [0.05, 0.1) is 36.1 Å². The van der Waals surface area contributed by atoms with Gasteiger partial charge in [-0.2, -0.15) is 0 Å². The van der Waals surface area contributed by atoms with E-state index in [2.05, 4.69) is 0 Å². The van der Waals surface area contributed by atoms with Crippen LogP contribution in [-0.2, 0) is 4.74 Å². The number of carbonyl (C=O) groups is 1. The Bertz CT molecular complexity index is 497. The molecule has 1 saturated heterocycles. The number of carbonyl (C=O) groups excluding carboxylic acids is 1. The third-order valence-corrected chi connectivity index (χ3v) is 3.40. The van der Waals surface area contributed by atoms with E-state index in [1.54, 1.807) is 17.0 Å². The first-order chi connectivity index (χ1) is 9.02. The molecule has 7 heteroatoms. The zero-order valence-electron chi connectivity index (χ0n) is 11.4. The van der Waals surface area contributed by atoms with Crippen LogP contribution < -0.4 is 10.5 Å². The topological polar surface area (TPSA) is 64.8 Å². The maximum atomic E-state index is 12.5. The molecule has 1 atom stereocenters. The number of nitrogen functional groups attached to an aromatic ring is 1. The third kappa shape index (κ3) is 3.48. The van der Waals surface area contributed by atoms with E-state index in [1.807, 2.05) is 6.92 Å². The van der Waals surface area contributed by atoms with Crippen LogP contribution in [0.2, 0.25) is 5.02 Å². The van der Waals surface area contributed by atoms with Gasteiger partial charge in [0, 0.05) is 19.2 Å². The molecule has 2 N–H and O–H groups in total. The van der Waals surface area contributed by atoms with Crippen LogP contribution in [-0.4, -0.2) is 43.7 Å². The highest BCUT2D eigenvalue weighted by Gasteiger charge is 2.25. The lowest BCUT2D eigenvalue weighted by Crippen LogP contribution is -2.44. The molecule has 1 aliphatic heterocycles. The molecule has 0 saturated carbocycles. The third-order valence-electron chi connectivity index (χ3n) is 3.08. The fourth-order valence-corrected chi connectivity index (χ4v) is 2.24. The van der Waals surface area contributed by atoms with Crippen molar-refractivity contribution >= 4 is 35.6 Å². The summed E-state index contributed by atoms with van der Waals surface area (Å²) in [6.07, 6.45) is 0.0351. The number of halogens is 2. The first kappa shape index (κ1) is 16.9. The molecule has 0 aromatic heterocycles. The van der Waals surface area contributed by atoms with Crippen LogP contribution >= 0.6 is 24.0 Å². The van der Waals surface area contributed by atoms with E-state index in [4.69, 9.17) is 26.8 Å². The number of ether oxygens (including phenoxy) is 2. The average Bonchev–Trinajstić information content (AvgIpc) is 2.40. The maximum absolute atomic E-state index is 12.5. The van der Waals surface area contributed by atoms with Gasteiger partial charge in [0.15, 0.2) is 0 Å². The first-order valence-electron chi connectivity index (χ1n) is 6.06. The van der Waals surface area contributed by atoms with Gasteiger partial charge in [-0.15, -0.1) is 12.4 Å². The van der Waals surface area contributed by atoms with Crippen molar-refractivity contribution in [3.63, 3.8) is 0 Å². The van der Waals surface area contributed by atoms with Crippen molar-refractivity contribution in [2.75, 3.05) is 32.5 Å². The van der Waals surface area contributed by atoms with Crippen LogP contribution in [0.5, 0.6) is 5.75 Å². The molecule has 112 valence electrons. The van der Waals surface area contributed by atoms with Crippen molar-refractivity contribution in [1.82, 2.24) is 4.90 Å². The largest absolute Gasteiger partial charge is 0.496 e. The van der Waals surface area contributed by atoms with Crippen molar-refractivity contribution in [2.24, 2.45) is 0 Å². The summed E-state index contributed by atoms with van der Waals surface area (Å²) in [7, 11) is 1.50. The van der Waals surface area contributed by atoms with Gasteiger partial charge < -0.3 is 20.1 Å². The minimum atomic E-state index is -0.117. The van der Waals surface area contributed by atoms with Gasteiger partial charge in [-0.1, -0.05) is 11.6 Å². The Morgan fingerprint density at radius 2 is 2.25 bits per heavy atom. The summed E-state index contributed by atoms with van der Waals surface area (Å²) in [6.45, 7) is 3.60. The highest BCUT2D eigenvalue weighted by molar-refractivity contribution is 6.33. The van der Waals surface area contributed by atoms with E-state index in [0.29, 0.717) is 41.7 Å². The predicted octanol–water partition coefficient (Wildman–Crippen LogP) is 2.21. The van der Waals surface area contributed by atoms with Crippen molar-refractivity contribution in [3.05, 3.63) is 22.7 Å². The standard InChI is InChI=1S/C13H17ClN2O3.ClH/c1-8-7-16(3-4-19-8)13(17)9-5-10(14)11(15)6-12(9)18-2;/h5-6,8H,3-4,7,15H2,1-2H3;1H. The smallest absolute Gasteiger partial charge is 0.257 e. The van der Waals surface area contributed by atoms with E-state index in [-0.39, 0.29) is 24.4 Å². The number of anilines is 1. The lowest BCUT2D eigenvalue weighted by atomic mass is 10.1. The molecular formula is C13H18Cl2N2O3. The number of methoxy groups -OCH3 is 1. The average molecular weight is 321 g/mol. The summed E-state index contributed by atoms with van der Waals surface area (Å²) in [6, 6.07) is 3.12. The normalized spacial score (nSPS) is 18.4. The lowest BCUT2D eigenvalue weighted by molar-refractivity contribution is -0.0125. The van der Waals surface area contributed by atoms with E-state index < -0.39 is 0 Å². The van der Waals surface area contributed by atoms with Crippen LogP contribution in [0, 0.1) is 0 Å². The second-order valence-corrected chi connectivity index (χ2v) is 4.91. The summed E-state index contributed by atoms with van der Waals surface area (Å²) < 4.78 is 10.6. The number of rotatable bonds is 2. The molecule has 1 unspecified atom stereocenters. The highest BCUT2D eigenvalue weighted by atomic mass is 35.5. The van der Waals surface area contributed by atoms with Crippen LogP contribution in [0.4, 0.5) is 5.69 Å². The number of morpholine rings is 1. The SMILES string of the molecule is COc1cc(N)c(Cl)cc1C(=O)N1CCOC(C)C1.Cl. The van der Waals surface area contributed by atoms with Gasteiger partial charge in [0.2, 0.25) is 0 Å². The maximum Gasteiger partial charge on any atom is 0.257 e. The summed E-state index contributed by atoms with van der Waals surface area (Å²) in [5.41, 5.74) is 6.53. The first-order valence-corrected chi connectivity index (χ1v) is 6.44. The molecule has 5 nitrogen and oxygen atoms in total. The van der Waals surface area contributed by atoms with Crippen LogP contribution in [0.15, 0.2) is 12.1 Å². The number of hydrogen-bond donors (Lipinski definition) is 1. The molecule has 0 radical (unpaired) electrons. The molecule has 0 spiro atoms. The fourth-order valence-electron chi connectivity index (χ4n) is 2.08. The summed E-state index contributed by atoms with van der Waals surface area (Å²) in [5.74, 6) is 0.319. The van der Waals surface area contributed by atoms with E-state index in [9.17, 15) is 4.79 Å². The highest BCUT2D eigenvalue weighted by Crippen LogP contribution is 2.30. The van der Waals surface area contributed by atoms with E-state index in [0.717, 1.165) is 0 Å². The van der Waals surface area contributed by atoms with Crippen molar-refractivity contribution in [3.8, 4) is 5.75 Å². The number of hydrogen-bond acceptors (Lipinski definition) is 4. The molecule has 1 heterocycles. The van der Waals surface area contributed by atoms with Crippen LogP contribution in [0.25, 0.3) is 0 Å². The molecule has 1 aromatic carbocycles. The quantitative estimate of drug-likeness (QED) is 0.848. The minimum absolute atomic E-state index is 0. The van der Waals surface area contributed by atoms with Crippen molar-refractivity contribution < 1.29 is 14.3 Å². The molecule has 2 rings (SSSR count).